The van der Waals surface area contributed by atoms with Gasteiger partial charge in [0, 0.05) is 17.7 Å². The second kappa shape index (κ2) is 4.82. The van der Waals surface area contributed by atoms with Crippen molar-refractivity contribution in [1.29, 1.82) is 0 Å². The van der Waals surface area contributed by atoms with Crippen molar-refractivity contribution < 1.29 is 4.74 Å². The molecule has 0 aromatic heterocycles. The van der Waals surface area contributed by atoms with Gasteiger partial charge in [0.1, 0.15) is 6.61 Å². The van der Waals surface area contributed by atoms with E-state index in [4.69, 9.17) is 16.3 Å². The first kappa shape index (κ1) is 9.12. The highest BCUT2D eigenvalue weighted by atomic mass is 35.5. The van der Waals surface area contributed by atoms with Crippen LogP contribution in [0.4, 0.5) is 0 Å². The van der Waals surface area contributed by atoms with Crippen LogP contribution in [0.5, 0.6) is 0 Å². The van der Waals surface area contributed by atoms with Gasteiger partial charge in [-0.2, -0.15) is 0 Å². The van der Waals surface area contributed by atoms with Gasteiger partial charge in [0.05, 0.1) is 0 Å². The summed E-state index contributed by atoms with van der Waals surface area (Å²) in [6.45, 7) is 0.451. The topological polar surface area (TPSA) is 9.23 Å². The van der Waals surface area contributed by atoms with Crippen LogP contribution in [-0.2, 0) is 4.74 Å². The summed E-state index contributed by atoms with van der Waals surface area (Å²) in [5.74, 6) is 5.77. The van der Waals surface area contributed by atoms with Crippen LogP contribution in [0.3, 0.4) is 0 Å². The van der Waals surface area contributed by atoms with Crippen molar-refractivity contribution in [2.45, 2.75) is 0 Å². The lowest BCUT2D eigenvalue weighted by Gasteiger charge is -1.90. The van der Waals surface area contributed by atoms with Crippen LogP contribution in [0, 0.1) is 11.8 Å². The van der Waals surface area contributed by atoms with Crippen LogP contribution in [0.1, 0.15) is 5.56 Å². The normalized spacial score (nSPS) is 8.83. The van der Waals surface area contributed by atoms with Crippen molar-refractivity contribution in [3.63, 3.8) is 0 Å². The zero-order valence-electron chi connectivity index (χ0n) is 6.80. The summed E-state index contributed by atoms with van der Waals surface area (Å²) < 4.78 is 4.79. The fourth-order valence-corrected chi connectivity index (χ4v) is 0.967. The third-order valence-corrected chi connectivity index (χ3v) is 1.51. The Labute approximate surface area is 77.3 Å². The Bertz CT molecular complexity index is 309. The summed E-state index contributed by atoms with van der Waals surface area (Å²) >= 11 is 5.76. The molecule has 0 N–H and O–H groups in total. The maximum Gasteiger partial charge on any atom is 0.107 e. The number of halogens is 1. The zero-order chi connectivity index (χ0) is 8.81. The van der Waals surface area contributed by atoms with Crippen LogP contribution in [-0.4, -0.2) is 13.7 Å². The van der Waals surface area contributed by atoms with Gasteiger partial charge in [-0.3, -0.25) is 0 Å². The molecule has 62 valence electrons. The van der Waals surface area contributed by atoms with E-state index in [1.54, 1.807) is 7.11 Å². The molecule has 0 bridgehead atoms. The fraction of sp³-hybridized carbons (Fsp3) is 0.200. The van der Waals surface area contributed by atoms with Gasteiger partial charge in [0.25, 0.3) is 0 Å². The minimum absolute atomic E-state index is 0.451. The fourth-order valence-electron chi connectivity index (χ4n) is 0.777. The van der Waals surface area contributed by atoms with Gasteiger partial charge in [0.2, 0.25) is 0 Å². The molecule has 1 rings (SSSR count). The maximum absolute atomic E-state index is 5.76. The van der Waals surface area contributed by atoms with Crippen molar-refractivity contribution in [3.8, 4) is 11.8 Å². The molecule has 0 radical (unpaired) electrons. The van der Waals surface area contributed by atoms with E-state index in [0.29, 0.717) is 11.6 Å². The van der Waals surface area contributed by atoms with Gasteiger partial charge in [0.15, 0.2) is 0 Å². The monoisotopic (exact) mass is 180 g/mol. The number of rotatable bonds is 1. The highest BCUT2D eigenvalue weighted by Gasteiger charge is 1.87. The number of hydrogen-bond acceptors (Lipinski definition) is 1. The first-order valence-corrected chi connectivity index (χ1v) is 3.94. The van der Waals surface area contributed by atoms with E-state index in [-0.39, 0.29) is 0 Å². The zero-order valence-corrected chi connectivity index (χ0v) is 7.56. The minimum atomic E-state index is 0.451. The lowest BCUT2D eigenvalue weighted by Crippen LogP contribution is -1.81. The molecule has 0 heterocycles. The van der Waals surface area contributed by atoms with Crippen molar-refractivity contribution >= 4 is 11.6 Å². The second-order valence-corrected chi connectivity index (χ2v) is 2.68. The molecule has 0 amide bonds. The van der Waals surface area contributed by atoms with E-state index in [1.807, 2.05) is 24.3 Å². The molecule has 2 heteroatoms. The number of benzene rings is 1. The van der Waals surface area contributed by atoms with E-state index < -0.39 is 0 Å². The summed E-state index contributed by atoms with van der Waals surface area (Å²) in [6, 6.07) is 7.43. The van der Waals surface area contributed by atoms with E-state index in [1.165, 1.54) is 0 Å². The SMILES string of the molecule is COCC#Cc1cccc(Cl)c1. The molecule has 0 aliphatic heterocycles. The molecule has 1 aromatic carbocycles. The Balaban J connectivity index is 2.71. The summed E-state index contributed by atoms with van der Waals surface area (Å²) in [4.78, 5) is 0. The molecule has 0 spiro atoms. The predicted octanol–water partition coefficient (Wildman–Crippen LogP) is 2.34. The van der Waals surface area contributed by atoms with Crippen LogP contribution in [0.25, 0.3) is 0 Å². The highest BCUT2D eigenvalue weighted by molar-refractivity contribution is 6.30. The smallest absolute Gasteiger partial charge is 0.107 e. The molecule has 0 aliphatic rings. The van der Waals surface area contributed by atoms with E-state index in [0.717, 1.165) is 5.56 Å². The molecule has 0 fully saturated rings. The summed E-state index contributed by atoms with van der Waals surface area (Å²) in [6.07, 6.45) is 0. The minimum Gasteiger partial charge on any atom is -0.372 e. The third kappa shape index (κ3) is 2.96. The van der Waals surface area contributed by atoms with Crippen LogP contribution in [0.2, 0.25) is 5.02 Å². The Hall–Kier alpha value is -0.970. The Kier molecular flexibility index (Phi) is 3.66. The number of methoxy groups -OCH3 is 1. The second-order valence-electron chi connectivity index (χ2n) is 2.25. The lowest BCUT2D eigenvalue weighted by atomic mass is 10.2. The molecule has 1 aromatic rings. The molecular weight excluding hydrogens is 172 g/mol. The summed E-state index contributed by atoms with van der Waals surface area (Å²) in [5.41, 5.74) is 0.916. The maximum atomic E-state index is 5.76. The first-order chi connectivity index (χ1) is 5.83. The van der Waals surface area contributed by atoms with Gasteiger partial charge in [-0.15, -0.1) is 0 Å². The Morgan fingerprint density at radius 1 is 1.50 bits per heavy atom. The van der Waals surface area contributed by atoms with Crippen LogP contribution >= 0.6 is 11.6 Å². The molecular formula is C10H9ClO. The summed E-state index contributed by atoms with van der Waals surface area (Å²) in [5, 5.41) is 0.708. The quantitative estimate of drug-likeness (QED) is 0.603. The van der Waals surface area contributed by atoms with Crippen LogP contribution < -0.4 is 0 Å². The summed E-state index contributed by atoms with van der Waals surface area (Å²) in [7, 11) is 1.62. The predicted molar refractivity (Wildman–Crippen MR) is 50.2 cm³/mol. The molecule has 0 saturated carbocycles. The number of ether oxygens (including phenoxy) is 1. The van der Waals surface area contributed by atoms with E-state index in [2.05, 4.69) is 11.8 Å². The average Bonchev–Trinajstić information content (AvgIpc) is 2.05. The van der Waals surface area contributed by atoms with Gasteiger partial charge in [-0.1, -0.05) is 29.5 Å². The van der Waals surface area contributed by atoms with Crippen molar-refractivity contribution in [3.05, 3.63) is 34.9 Å². The molecule has 0 unspecified atom stereocenters. The number of hydrogen-bond donors (Lipinski definition) is 0. The van der Waals surface area contributed by atoms with Crippen molar-refractivity contribution in [2.75, 3.05) is 13.7 Å². The Morgan fingerprint density at radius 3 is 3.00 bits per heavy atom. The molecule has 0 atom stereocenters. The van der Waals surface area contributed by atoms with Gasteiger partial charge < -0.3 is 4.74 Å². The van der Waals surface area contributed by atoms with Gasteiger partial charge >= 0.3 is 0 Å². The van der Waals surface area contributed by atoms with Crippen LogP contribution in [0.15, 0.2) is 24.3 Å². The average molecular weight is 181 g/mol. The van der Waals surface area contributed by atoms with E-state index >= 15 is 0 Å². The van der Waals surface area contributed by atoms with E-state index in [9.17, 15) is 0 Å². The molecule has 12 heavy (non-hydrogen) atoms. The Morgan fingerprint density at radius 2 is 2.33 bits per heavy atom. The first-order valence-electron chi connectivity index (χ1n) is 3.56. The van der Waals surface area contributed by atoms with Gasteiger partial charge in [-0.25, -0.2) is 0 Å². The highest BCUT2D eigenvalue weighted by Crippen LogP contribution is 2.08. The van der Waals surface area contributed by atoms with Crippen molar-refractivity contribution in [1.82, 2.24) is 0 Å². The van der Waals surface area contributed by atoms with Crippen molar-refractivity contribution in [2.24, 2.45) is 0 Å². The molecule has 0 saturated heterocycles. The lowest BCUT2D eigenvalue weighted by molar-refractivity contribution is 0.240. The largest absolute Gasteiger partial charge is 0.372 e. The third-order valence-electron chi connectivity index (χ3n) is 1.27. The standard InChI is InChI=1S/C10H9ClO/c1-12-7-3-5-9-4-2-6-10(11)8-9/h2,4,6,8H,7H2,1H3. The molecule has 0 aliphatic carbocycles. The van der Waals surface area contributed by atoms with Gasteiger partial charge in [-0.05, 0) is 18.2 Å². The molecule has 1 nitrogen and oxygen atoms in total.